The number of rotatable bonds is 4. The summed E-state index contributed by atoms with van der Waals surface area (Å²) in [7, 11) is 0. The number of fused-ring (bicyclic) bond motifs is 1. The minimum absolute atomic E-state index is 0.185. The third-order valence-electron chi connectivity index (χ3n) is 3.25. The van der Waals surface area contributed by atoms with Gasteiger partial charge in [-0.25, -0.2) is 0 Å². The van der Waals surface area contributed by atoms with Crippen molar-refractivity contribution in [2.45, 2.75) is 19.9 Å². The summed E-state index contributed by atoms with van der Waals surface area (Å²) in [4.78, 5) is 5.72. The molecule has 0 bridgehead atoms. The van der Waals surface area contributed by atoms with Crippen molar-refractivity contribution in [3.05, 3.63) is 40.6 Å². The fourth-order valence-electron chi connectivity index (χ4n) is 2.20. The van der Waals surface area contributed by atoms with E-state index < -0.39 is 0 Å². The Morgan fingerprint density at radius 1 is 1.25 bits per heavy atom. The molecule has 0 radical (unpaired) electrons. The van der Waals surface area contributed by atoms with Crippen molar-refractivity contribution in [1.82, 2.24) is 4.98 Å². The summed E-state index contributed by atoms with van der Waals surface area (Å²) in [6, 6.07) is 10.5. The number of nitrogens with two attached hydrogens (primary N) is 1. The Bertz CT molecular complexity index is 703. The number of aromatic nitrogens is 1. The van der Waals surface area contributed by atoms with E-state index in [9.17, 15) is 0 Å². The lowest BCUT2D eigenvalue weighted by atomic mass is 10.0. The zero-order chi connectivity index (χ0) is 14.1. The van der Waals surface area contributed by atoms with E-state index in [0.29, 0.717) is 28.7 Å². The molecule has 0 aliphatic carbocycles. The van der Waals surface area contributed by atoms with E-state index in [1.807, 2.05) is 18.2 Å². The van der Waals surface area contributed by atoms with Gasteiger partial charge < -0.3 is 15.5 Å². The number of oxazole rings is 1. The molecule has 3 rings (SSSR count). The number of hydrogen-bond acceptors (Lipinski definition) is 5. The third-order valence-corrected chi connectivity index (χ3v) is 4.20. The van der Waals surface area contributed by atoms with Gasteiger partial charge in [0.15, 0.2) is 5.58 Å². The zero-order valence-corrected chi connectivity index (χ0v) is 12.3. The monoisotopic (exact) mass is 287 g/mol. The topological polar surface area (TPSA) is 64.1 Å². The molecule has 5 heteroatoms. The first-order valence-electron chi connectivity index (χ1n) is 6.60. The standard InChI is InChI=1S/C15H17N3OS/c1-9(2)13(12-7-4-8-20-12)17-15-18-14-10(16)5-3-6-11(14)19-15/h3-9,13H,16H2,1-2H3,(H,17,18). The van der Waals surface area contributed by atoms with Gasteiger partial charge in [0.1, 0.15) is 5.52 Å². The van der Waals surface area contributed by atoms with Crippen LogP contribution in [0, 0.1) is 5.92 Å². The number of hydrogen-bond donors (Lipinski definition) is 2. The molecular formula is C15H17N3OS. The Hall–Kier alpha value is -2.01. The molecule has 3 N–H and O–H groups in total. The Kier molecular flexibility index (Phi) is 3.36. The lowest BCUT2D eigenvalue weighted by Gasteiger charge is -2.19. The van der Waals surface area contributed by atoms with Gasteiger partial charge in [-0.05, 0) is 29.5 Å². The highest BCUT2D eigenvalue weighted by atomic mass is 32.1. The molecule has 20 heavy (non-hydrogen) atoms. The lowest BCUT2D eigenvalue weighted by Crippen LogP contribution is -2.15. The molecule has 4 nitrogen and oxygen atoms in total. The van der Waals surface area contributed by atoms with Crippen molar-refractivity contribution in [1.29, 1.82) is 0 Å². The number of nitrogens with zero attached hydrogens (tertiary/aromatic N) is 1. The van der Waals surface area contributed by atoms with Crippen molar-refractivity contribution in [2.24, 2.45) is 5.92 Å². The second-order valence-electron chi connectivity index (χ2n) is 5.09. The number of nitrogens with one attached hydrogen (secondary N) is 1. The average Bonchev–Trinajstić information content (AvgIpc) is 3.05. The van der Waals surface area contributed by atoms with Crippen molar-refractivity contribution >= 4 is 34.1 Å². The summed E-state index contributed by atoms with van der Waals surface area (Å²) < 4.78 is 5.73. The van der Waals surface area contributed by atoms with Crippen LogP contribution >= 0.6 is 11.3 Å². The first kappa shape index (κ1) is 13.0. The van der Waals surface area contributed by atoms with Crippen LogP contribution in [0.1, 0.15) is 24.8 Å². The minimum Gasteiger partial charge on any atom is -0.423 e. The molecule has 1 unspecified atom stereocenters. The summed E-state index contributed by atoms with van der Waals surface area (Å²) in [5.74, 6) is 0.431. The van der Waals surface area contributed by atoms with Gasteiger partial charge in [-0.1, -0.05) is 26.0 Å². The van der Waals surface area contributed by atoms with Crippen molar-refractivity contribution in [3.8, 4) is 0 Å². The summed E-state index contributed by atoms with van der Waals surface area (Å²) in [5, 5.41) is 5.45. The number of benzene rings is 1. The molecule has 2 heterocycles. The van der Waals surface area contributed by atoms with E-state index in [1.165, 1.54) is 4.88 Å². The fourth-order valence-corrected chi connectivity index (χ4v) is 3.15. The molecule has 0 amide bonds. The maximum atomic E-state index is 5.91. The zero-order valence-electron chi connectivity index (χ0n) is 11.5. The van der Waals surface area contributed by atoms with Crippen LogP contribution in [-0.2, 0) is 0 Å². The molecule has 0 aliphatic rings. The molecule has 1 atom stereocenters. The predicted octanol–water partition coefficient (Wildman–Crippen LogP) is 4.28. The Morgan fingerprint density at radius 2 is 2.10 bits per heavy atom. The Labute approximate surface area is 121 Å². The van der Waals surface area contributed by atoms with Gasteiger partial charge in [-0.3, -0.25) is 0 Å². The number of nitrogen functional groups attached to an aromatic ring is 1. The van der Waals surface area contributed by atoms with Crippen molar-refractivity contribution in [2.75, 3.05) is 11.1 Å². The maximum absolute atomic E-state index is 5.91. The summed E-state index contributed by atoms with van der Waals surface area (Å²) >= 11 is 1.73. The van der Waals surface area contributed by atoms with Crippen LogP contribution in [0.5, 0.6) is 0 Å². The molecule has 3 aromatic rings. The first-order valence-corrected chi connectivity index (χ1v) is 7.48. The molecular weight excluding hydrogens is 270 g/mol. The second kappa shape index (κ2) is 5.17. The van der Waals surface area contributed by atoms with Crippen LogP contribution in [0.4, 0.5) is 11.7 Å². The molecule has 0 aliphatic heterocycles. The van der Waals surface area contributed by atoms with Crippen LogP contribution < -0.4 is 11.1 Å². The number of anilines is 2. The normalized spacial score (nSPS) is 12.9. The molecule has 0 saturated carbocycles. The van der Waals surface area contributed by atoms with Crippen molar-refractivity contribution in [3.63, 3.8) is 0 Å². The third kappa shape index (κ3) is 2.36. The highest BCUT2D eigenvalue weighted by Crippen LogP contribution is 2.31. The summed E-state index contributed by atoms with van der Waals surface area (Å²) in [6.07, 6.45) is 0. The van der Waals surface area contributed by atoms with E-state index in [2.05, 4.69) is 41.7 Å². The number of thiophene rings is 1. The van der Waals surface area contributed by atoms with Gasteiger partial charge in [-0.2, -0.15) is 4.98 Å². The van der Waals surface area contributed by atoms with Gasteiger partial charge >= 0.3 is 0 Å². The van der Waals surface area contributed by atoms with Gasteiger partial charge in [0, 0.05) is 4.88 Å². The smallest absolute Gasteiger partial charge is 0.296 e. The SMILES string of the molecule is CC(C)C(Nc1nc2c(N)cccc2o1)c1cccs1. The quantitative estimate of drug-likeness (QED) is 0.703. The van der Waals surface area contributed by atoms with E-state index in [1.54, 1.807) is 11.3 Å². The lowest BCUT2D eigenvalue weighted by molar-refractivity contribution is 0.522. The first-order chi connectivity index (χ1) is 9.65. The summed E-state index contributed by atoms with van der Waals surface area (Å²) in [6.45, 7) is 4.35. The van der Waals surface area contributed by atoms with Gasteiger partial charge in [0.2, 0.25) is 0 Å². The van der Waals surface area contributed by atoms with E-state index >= 15 is 0 Å². The summed E-state index contributed by atoms with van der Waals surface area (Å²) in [5.41, 5.74) is 7.96. The Morgan fingerprint density at radius 3 is 2.75 bits per heavy atom. The van der Waals surface area contributed by atoms with Crippen LogP contribution in [0.15, 0.2) is 40.1 Å². The van der Waals surface area contributed by atoms with Crippen LogP contribution in [-0.4, -0.2) is 4.98 Å². The van der Waals surface area contributed by atoms with Gasteiger partial charge in [-0.15, -0.1) is 11.3 Å². The van der Waals surface area contributed by atoms with E-state index in [-0.39, 0.29) is 6.04 Å². The molecule has 2 aromatic heterocycles. The van der Waals surface area contributed by atoms with Crippen molar-refractivity contribution < 1.29 is 4.42 Å². The van der Waals surface area contributed by atoms with Crippen LogP contribution in [0.3, 0.4) is 0 Å². The molecule has 104 valence electrons. The number of para-hydroxylation sites is 1. The second-order valence-corrected chi connectivity index (χ2v) is 6.07. The van der Waals surface area contributed by atoms with E-state index in [0.717, 1.165) is 0 Å². The molecule has 0 fully saturated rings. The van der Waals surface area contributed by atoms with E-state index in [4.69, 9.17) is 10.2 Å². The van der Waals surface area contributed by atoms with Gasteiger partial charge in [0.05, 0.1) is 11.7 Å². The highest BCUT2D eigenvalue weighted by Gasteiger charge is 2.19. The Balaban J connectivity index is 1.93. The fraction of sp³-hybridized carbons (Fsp3) is 0.267. The largest absolute Gasteiger partial charge is 0.423 e. The highest BCUT2D eigenvalue weighted by molar-refractivity contribution is 7.10. The average molecular weight is 287 g/mol. The molecule has 0 saturated heterocycles. The predicted molar refractivity (Wildman–Crippen MR) is 83.9 cm³/mol. The van der Waals surface area contributed by atoms with Gasteiger partial charge in [0.25, 0.3) is 6.01 Å². The molecule has 1 aromatic carbocycles. The maximum Gasteiger partial charge on any atom is 0.296 e. The van der Waals surface area contributed by atoms with Crippen LogP contribution in [0.25, 0.3) is 11.1 Å². The van der Waals surface area contributed by atoms with Crippen LogP contribution in [0.2, 0.25) is 0 Å². The molecule has 0 spiro atoms. The minimum atomic E-state index is 0.185.